The summed E-state index contributed by atoms with van der Waals surface area (Å²) in [4.78, 5) is 37.4. The first kappa shape index (κ1) is 27.4. The minimum atomic E-state index is -3.29. The number of hydrogen-bond acceptors (Lipinski definition) is 9. The van der Waals surface area contributed by atoms with E-state index in [1.54, 1.807) is 26.0 Å². The van der Waals surface area contributed by atoms with Gasteiger partial charge in [-0.25, -0.2) is 13.4 Å². The number of ether oxygens (including phenoxy) is 1. The van der Waals surface area contributed by atoms with Crippen molar-refractivity contribution in [3.05, 3.63) is 65.6 Å². The van der Waals surface area contributed by atoms with Crippen molar-refractivity contribution >= 4 is 44.3 Å². The summed E-state index contributed by atoms with van der Waals surface area (Å²) >= 11 is 0. The smallest absolute Gasteiger partial charge is 0.252 e. The number of hydrogen-bond donors (Lipinski definition) is 1. The van der Waals surface area contributed by atoms with E-state index in [-0.39, 0.29) is 24.7 Å². The van der Waals surface area contributed by atoms with Crippen LogP contribution in [0.3, 0.4) is 0 Å². The summed E-state index contributed by atoms with van der Waals surface area (Å²) in [6.45, 7) is 8.10. The van der Waals surface area contributed by atoms with Crippen molar-refractivity contribution in [2.24, 2.45) is 5.92 Å². The molecule has 3 aliphatic rings. The van der Waals surface area contributed by atoms with Gasteiger partial charge in [-0.1, -0.05) is 6.58 Å². The Balaban J connectivity index is 1.09. The average molecular weight is 580 g/mol. The fraction of sp³-hybridized carbons (Fsp3) is 0.429. The predicted molar refractivity (Wildman–Crippen MR) is 156 cm³/mol. The highest BCUT2D eigenvalue weighted by molar-refractivity contribution is 7.89. The van der Waals surface area contributed by atoms with Crippen LogP contribution in [0.4, 0.5) is 17.3 Å². The number of sulfonamides is 1. The molecule has 0 radical (unpaired) electrons. The number of rotatable bonds is 9. The number of nitrogens with zero attached hydrogens (tertiary/aromatic N) is 6. The first-order chi connectivity index (χ1) is 19.8. The van der Waals surface area contributed by atoms with Crippen LogP contribution in [0.5, 0.6) is 0 Å². The number of carbonyl (C=O) groups is 1. The zero-order valence-electron chi connectivity index (χ0n) is 22.7. The second-order valence-corrected chi connectivity index (χ2v) is 12.9. The number of anilines is 3. The highest BCUT2D eigenvalue weighted by Crippen LogP contribution is 2.25. The molecule has 1 amide bonds. The molecule has 2 aromatic heterocycles. The number of benzene rings is 1. The molecule has 3 fully saturated rings. The Kier molecular flexibility index (Phi) is 7.49. The van der Waals surface area contributed by atoms with Crippen LogP contribution in [0, 0.1) is 5.92 Å². The molecule has 12 nitrogen and oxygen atoms in total. The molecular formula is C28H33N7O5S. The lowest BCUT2D eigenvalue weighted by molar-refractivity contribution is -0.132. The molecule has 6 rings (SSSR count). The molecule has 0 bridgehead atoms. The van der Waals surface area contributed by atoms with Gasteiger partial charge in [0, 0.05) is 74.8 Å². The van der Waals surface area contributed by atoms with Crippen LogP contribution >= 0.6 is 0 Å². The van der Waals surface area contributed by atoms with Gasteiger partial charge in [-0.2, -0.15) is 9.29 Å². The number of carbonyl (C=O) groups excluding carboxylic acids is 1. The molecule has 3 aromatic rings. The number of pyridine rings is 1. The van der Waals surface area contributed by atoms with Gasteiger partial charge in [0.1, 0.15) is 10.9 Å². The van der Waals surface area contributed by atoms with E-state index in [0.29, 0.717) is 63.3 Å². The second kappa shape index (κ2) is 11.2. The molecule has 3 aliphatic heterocycles. The van der Waals surface area contributed by atoms with Crippen molar-refractivity contribution in [3.63, 3.8) is 0 Å². The van der Waals surface area contributed by atoms with Gasteiger partial charge in [0.15, 0.2) is 0 Å². The summed E-state index contributed by atoms with van der Waals surface area (Å²) in [5, 5.41) is 3.59. The largest absolute Gasteiger partial charge is 0.378 e. The number of likely N-dealkylation sites (tertiary alicyclic amines) is 1. The minimum absolute atomic E-state index is 0.0618. The number of fused-ring (bicyclic) bond motifs is 1. The summed E-state index contributed by atoms with van der Waals surface area (Å²) in [7, 11) is -3.29. The van der Waals surface area contributed by atoms with E-state index in [9.17, 15) is 18.0 Å². The molecule has 13 heteroatoms. The number of nitrogens with one attached hydrogen (secondary N) is 1. The maximum absolute atomic E-state index is 12.7. The second-order valence-electron chi connectivity index (χ2n) is 10.7. The Labute approximate surface area is 238 Å². The Morgan fingerprint density at radius 2 is 1.80 bits per heavy atom. The Morgan fingerprint density at radius 3 is 2.46 bits per heavy atom. The highest BCUT2D eigenvalue weighted by atomic mass is 32.2. The summed E-state index contributed by atoms with van der Waals surface area (Å²) in [5.74, 6) is 0.659. The van der Waals surface area contributed by atoms with E-state index in [1.165, 1.54) is 12.1 Å². The molecule has 1 N–H and O–H groups in total. The van der Waals surface area contributed by atoms with Crippen LogP contribution in [0.2, 0.25) is 0 Å². The molecule has 0 spiro atoms. The van der Waals surface area contributed by atoms with E-state index >= 15 is 0 Å². The van der Waals surface area contributed by atoms with Crippen molar-refractivity contribution in [1.82, 2.24) is 23.7 Å². The Hall–Kier alpha value is -3.81. The summed E-state index contributed by atoms with van der Waals surface area (Å²) in [6, 6.07) is 11.1. The van der Waals surface area contributed by atoms with E-state index in [2.05, 4.69) is 26.8 Å². The monoisotopic (exact) mass is 579 g/mol. The average Bonchev–Trinajstić information content (AvgIpc) is 2.92. The lowest BCUT2D eigenvalue weighted by Crippen LogP contribution is -2.55. The molecule has 3 saturated heterocycles. The van der Waals surface area contributed by atoms with Crippen molar-refractivity contribution in [2.45, 2.75) is 18.2 Å². The third kappa shape index (κ3) is 5.56. The van der Waals surface area contributed by atoms with Gasteiger partial charge in [0.2, 0.25) is 21.9 Å². The van der Waals surface area contributed by atoms with Crippen LogP contribution in [-0.2, 0) is 26.1 Å². The molecule has 1 aromatic carbocycles. The van der Waals surface area contributed by atoms with Gasteiger partial charge in [-0.05, 0) is 48.7 Å². The maximum atomic E-state index is 12.7. The number of aromatic nitrogens is 3. The standard InChI is InChI=1S/C28H33N7O5S/c1-2-25(36)33-16-20(17-33)9-10-35-26(37)8-3-21-15-29-28(31-27(21)35)30-22-4-6-23(7-5-22)32-11-13-34(14-12-32)41(38,39)24-18-40-19-24/h2-8,15,20,24H,1,9-14,16-19H2,(H,29,30,31). The van der Waals surface area contributed by atoms with Crippen LogP contribution in [-0.4, -0.2) is 95.8 Å². The van der Waals surface area contributed by atoms with Crippen molar-refractivity contribution in [3.8, 4) is 0 Å². The Morgan fingerprint density at radius 1 is 1.07 bits per heavy atom. The SMILES string of the molecule is C=CC(=O)N1CC(CCn2c(=O)ccc3cnc(Nc4ccc(N5CCN(S(=O)(=O)C6COC6)CC5)cc4)nc32)C1. The fourth-order valence-corrected chi connectivity index (χ4v) is 7.03. The van der Waals surface area contributed by atoms with E-state index in [0.717, 1.165) is 23.2 Å². The third-order valence-electron chi connectivity index (χ3n) is 8.04. The first-order valence-corrected chi connectivity index (χ1v) is 15.3. The normalized spacial score (nSPS) is 18.6. The van der Waals surface area contributed by atoms with E-state index < -0.39 is 15.3 Å². The Bertz CT molecular complexity index is 1610. The molecule has 0 saturated carbocycles. The van der Waals surface area contributed by atoms with Crippen LogP contribution in [0.15, 0.2) is 60.0 Å². The summed E-state index contributed by atoms with van der Waals surface area (Å²) in [5.41, 5.74) is 2.24. The molecule has 216 valence electrons. The third-order valence-corrected chi connectivity index (χ3v) is 10.2. The highest BCUT2D eigenvalue weighted by Gasteiger charge is 2.38. The molecule has 0 unspecified atom stereocenters. The van der Waals surface area contributed by atoms with E-state index in [1.807, 2.05) is 24.3 Å². The molecule has 0 aliphatic carbocycles. The zero-order valence-corrected chi connectivity index (χ0v) is 23.5. The quantitative estimate of drug-likeness (QED) is 0.374. The van der Waals surface area contributed by atoms with Gasteiger partial charge < -0.3 is 19.9 Å². The van der Waals surface area contributed by atoms with E-state index in [4.69, 9.17) is 4.74 Å². The van der Waals surface area contributed by atoms with Gasteiger partial charge in [-0.3, -0.25) is 14.2 Å². The molecule has 0 atom stereocenters. The predicted octanol–water partition coefficient (Wildman–Crippen LogP) is 1.42. The van der Waals surface area contributed by atoms with Crippen LogP contribution in [0.25, 0.3) is 11.0 Å². The van der Waals surface area contributed by atoms with Crippen molar-refractivity contribution in [1.29, 1.82) is 0 Å². The van der Waals surface area contributed by atoms with Crippen molar-refractivity contribution < 1.29 is 17.9 Å². The lowest BCUT2D eigenvalue weighted by Gasteiger charge is -2.38. The van der Waals surface area contributed by atoms with Crippen LogP contribution in [0.1, 0.15) is 6.42 Å². The molecular weight excluding hydrogens is 546 g/mol. The first-order valence-electron chi connectivity index (χ1n) is 13.8. The number of aryl methyl sites for hydroxylation is 1. The van der Waals surface area contributed by atoms with Gasteiger partial charge in [0.05, 0.1) is 13.2 Å². The lowest BCUT2D eigenvalue weighted by atomic mass is 9.96. The number of piperazine rings is 1. The zero-order chi connectivity index (χ0) is 28.6. The van der Waals surface area contributed by atoms with Crippen LogP contribution < -0.4 is 15.8 Å². The topological polar surface area (TPSA) is 130 Å². The molecule has 41 heavy (non-hydrogen) atoms. The van der Waals surface area contributed by atoms with Crippen molar-refractivity contribution in [2.75, 3.05) is 62.7 Å². The summed E-state index contributed by atoms with van der Waals surface area (Å²) < 4.78 is 33.6. The summed E-state index contributed by atoms with van der Waals surface area (Å²) in [6.07, 6.45) is 3.79. The van der Waals surface area contributed by atoms with Gasteiger partial charge >= 0.3 is 0 Å². The number of amides is 1. The van der Waals surface area contributed by atoms with Gasteiger partial charge in [-0.15, -0.1) is 0 Å². The van der Waals surface area contributed by atoms with Gasteiger partial charge in [0.25, 0.3) is 5.56 Å². The maximum Gasteiger partial charge on any atom is 0.252 e. The molecule has 5 heterocycles. The minimum Gasteiger partial charge on any atom is -0.378 e. The fourth-order valence-electron chi connectivity index (χ4n) is 5.40.